The van der Waals surface area contributed by atoms with Gasteiger partial charge in [-0.1, -0.05) is 12.5 Å². The summed E-state index contributed by atoms with van der Waals surface area (Å²) in [6.07, 6.45) is 9.51. The van der Waals surface area contributed by atoms with Crippen molar-refractivity contribution in [2.75, 3.05) is 19.6 Å². The highest BCUT2D eigenvalue weighted by Crippen LogP contribution is 2.27. The zero-order valence-electron chi connectivity index (χ0n) is 11.7. The molecule has 2 aliphatic heterocycles. The molecule has 3 rings (SSSR count). The minimum atomic E-state index is 0.563. The van der Waals surface area contributed by atoms with E-state index >= 15 is 0 Å². The molecule has 0 bridgehead atoms. The Morgan fingerprint density at radius 1 is 1.16 bits per heavy atom. The standard InChI is InChI=1S/C15H24N4/c1-2-9-18-10-6-7-13(12-18)15-17-16-14-8-4-3-5-11-19(14)15/h2,13H,1,3-12H2/t13-/m1/s1. The van der Waals surface area contributed by atoms with Gasteiger partial charge in [0.05, 0.1) is 0 Å². The summed E-state index contributed by atoms with van der Waals surface area (Å²) >= 11 is 0. The molecule has 0 amide bonds. The number of hydrogen-bond donors (Lipinski definition) is 0. The predicted molar refractivity (Wildman–Crippen MR) is 76.2 cm³/mol. The first-order chi connectivity index (χ1) is 9.38. The van der Waals surface area contributed by atoms with Crippen LogP contribution in [0.15, 0.2) is 12.7 Å². The quantitative estimate of drug-likeness (QED) is 0.782. The van der Waals surface area contributed by atoms with E-state index in [0.29, 0.717) is 5.92 Å². The first-order valence-corrected chi connectivity index (χ1v) is 7.63. The molecule has 0 saturated carbocycles. The molecule has 4 nitrogen and oxygen atoms in total. The SMILES string of the molecule is C=CCN1CCC[C@@H](c2nnc3n2CCCCC3)C1. The Morgan fingerprint density at radius 2 is 2.11 bits per heavy atom. The molecule has 0 spiro atoms. The Labute approximate surface area is 115 Å². The Hall–Kier alpha value is -1.16. The highest BCUT2D eigenvalue weighted by Gasteiger charge is 2.26. The largest absolute Gasteiger partial charge is 0.315 e. The fourth-order valence-electron chi connectivity index (χ4n) is 3.42. The summed E-state index contributed by atoms with van der Waals surface area (Å²) in [6, 6.07) is 0. The lowest BCUT2D eigenvalue weighted by Crippen LogP contribution is -2.35. The van der Waals surface area contributed by atoms with Crippen molar-refractivity contribution >= 4 is 0 Å². The minimum absolute atomic E-state index is 0.563. The lowest BCUT2D eigenvalue weighted by molar-refractivity contribution is 0.221. The number of likely N-dealkylation sites (tertiary alicyclic amines) is 1. The van der Waals surface area contributed by atoms with Crippen LogP contribution < -0.4 is 0 Å². The van der Waals surface area contributed by atoms with Crippen molar-refractivity contribution in [3.63, 3.8) is 0 Å². The van der Waals surface area contributed by atoms with Crippen molar-refractivity contribution in [2.24, 2.45) is 0 Å². The summed E-state index contributed by atoms with van der Waals surface area (Å²) in [6.45, 7) is 8.28. The van der Waals surface area contributed by atoms with Crippen LogP contribution in [-0.4, -0.2) is 39.3 Å². The topological polar surface area (TPSA) is 34.0 Å². The Bertz CT molecular complexity index is 437. The van der Waals surface area contributed by atoms with Crippen molar-refractivity contribution in [1.29, 1.82) is 0 Å². The van der Waals surface area contributed by atoms with Crippen molar-refractivity contribution < 1.29 is 0 Å². The van der Waals surface area contributed by atoms with Crippen molar-refractivity contribution in [1.82, 2.24) is 19.7 Å². The number of aryl methyl sites for hydroxylation is 1. The van der Waals surface area contributed by atoms with Crippen LogP contribution >= 0.6 is 0 Å². The van der Waals surface area contributed by atoms with Crippen LogP contribution in [0.5, 0.6) is 0 Å². The van der Waals surface area contributed by atoms with Gasteiger partial charge in [-0.3, -0.25) is 4.90 Å². The number of aromatic nitrogens is 3. The van der Waals surface area contributed by atoms with Gasteiger partial charge in [0, 0.05) is 32.0 Å². The lowest BCUT2D eigenvalue weighted by atomic mass is 9.97. The van der Waals surface area contributed by atoms with Crippen LogP contribution in [0.25, 0.3) is 0 Å². The first kappa shape index (κ1) is 12.9. The summed E-state index contributed by atoms with van der Waals surface area (Å²) in [5, 5.41) is 8.96. The van der Waals surface area contributed by atoms with E-state index in [9.17, 15) is 0 Å². The molecule has 104 valence electrons. The molecule has 0 aromatic carbocycles. The van der Waals surface area contributed by atoms with Gasteiger partial charge in [0.25, 0.3) is 0 Å². The normalized spacial score (nSPS) is 24.7. The molecule has 1 atom stereocenters. The molecule has 0 N–H and O–H groups in total. The van der Waals surface area contributed by atoms with Gasteiger partial charge < -0.3 is 4.57 Å². The maximum atomic E-state index is 4.52. The average molecular weight is 260 g/mol. The molecule has 0 radical (unpaired) electrons. The molecule has 1 saturated heterocycles. The summed E-state index contributed by atoms with van der Waals surface area (Å²) in [4.78, 5) is 2.49. The third-order valence-corrected chi connectivity index (χ3v) is 4.40. The van der Waals surface area contributed by atoms with Crippen LogP contribution in [0.2, 0.25) is 0 Å². The summed E-state index contributed by atoms with van der Waals surface area (Å²) < 4.78 is 2.41. The summed E-state index contributed by atoms with van der Waals surface area (Å²) in [5.74, 6) is 3.02. The van der Waals surface area contributed by atoms with E-state index in [1.165, 1.54) is 50.3 Å². The lowest BCUT2D eigenvalue weighted by Gasteiger charge is -2.31. The van der Waals surface area contributed by atoms with E-state index in [0.717, 1.165) is 26.1 Å². The first-order valence-electron chi connectivity index (χ1n) is 7.63. The van der Waals surface area contributed by atoms with Gasteiger partial charge in [-0.25, -0.2) is 0 Å². The van der Waals surface area contributed by atoms with Crippen LogP contribution in [0.1, 0.15) is 49.7 Å². The number of fused-ring (bicyclic) bond motifs is 1. The highest BCUT2D eigenvalue weighted by atomic mass is 15.3. The molecule has 1 aromatic heterocycles. The second-order valence-electron chi connectivity index (χ2n) is 5.82. The van der Waals surface area contributed by atoms with Gasteiger partial charge in [-0.15, -0.1) is 16.8 Å². The van der Waals surface area contributed by atoms with Crippen LogP contribution in [0.4, 0.5) is 0 Å². The Kier molecular flexibility index (Phi) is 3.97. The number of rotatable bonds is 3. The van der Waals surface area contributed by atoms with E-state index in [-0.39, 0.29) is 0 Å². The maximum absolute atomic E-state index is 4.52. The molecule has 0 aliphatic carbocycles. The fraction of sp³-hybridized carbons (Fsp3) is 0.733. The van der Waals surface area contributed by atoms with Gasteiger partial charge in [-0.2, -0.15) is 0 Å². The second-order valence-corrected chi connectivity index (χ2v) is 5.82. The van der Waals surface area contributed by atoms with E-state index in [2.05, 4.69) is 26.2 Å². The number of hydrogen-bond acceptors (Lipinski definition) is 3. The molecular formula is C15H24N4. The molecule has 1 aromatic rings. The molecule has 2 aliphatic rings. The van der Waals surface area contributed by atoms with Gasteiger partial charge in [0.2, 0.25) is 0 Å². The summed E-state index contributed by atoms with van der Waals surface area (Å²) in [5.41, 5.74) is 0. The molecule has 4 heteroatoms. The summed E-state index contributed by atoms with van der Waals surface area (Å²) in [7, 11) is 0. The smallest absolute Gasteiger partial charge is 0.137 e. The third kappa shape index (κ3) is 2.73. The van der Waals surface area contributed by atoms with Crippen LogP contribution in [0.3, 0.4) is 0 Å². The fourth-order valence-corrected chi connectivity index (χ4v) is 3.42. The van der Waals surface area contributed by atoms with Crippen LogP contribution in [0, 0.1) is 0 Å². The molecule has 0 unspecified atom stereocenters. The van der Waals surface area contributed by atoms with Gasteiger partial charge in [0.15, 0.2) is 0 Å². The van der Waals surface area contributed by atoms with E-state index in [4.69, 9.17) is 0 Å². The monoisotopic (exact) mass is 260 g/mol. The Balaban J connectivity index is 1.78. The molecular weight excluding hydrogens is 236 g/mol. The molecule has 1 fully saturated rings. The van der Waals surface area contributed by atoms with Gasteiger partial charge in [0.1, 0.15) is 11.6 Å². The zero-order valence-corrected chi connectivity index (χ0v) is 11.7. The number of piperidine rings is 1. The average Bonchev–Trinajstić information content (AvgIpc) is 2.69. The van der Waals surface area contributed by atoms with E-state index < -0.39 is 0 Å². The maximum Gasteiger partial charge on any atom is 0.137 e. The van der Waals surface area contributed by atoms with Gasteiger partial charge >= 0.3 is 0 Å². The van der Waals surface area contributed by atoms with Crippen molar-refractivity contribution in [3.05, 3.63) is 24.3 Å². The third-order valence-electron chi connectivity index (χ3n) is 4.40. The zero-order chi connectivity index (χ0) is 13.1. The highest BCUT2D eigenvalue weighted by molar-refractivity contribution is 5.06. The Morgan fingerprint density at radius 3 is 3.00 bits per heavy atom. The number of nitrogens with zero attached hydrogens (tertiary/aromatic N) is 4. The van der Waals surface area contributed by atoms with E-state index in [1.54, 1.807) is 0 Å². The van der Waals surface area contributed by atoms with Crippen LogP contribution in [-0.2, 0) is 13.0 Å². The predicted octanol–water partition coefficient (Wildman–Crippen LogP) is 2.37. The van der Waals surface area contributed by atoms with Gasteiger partial charge in [-0.05, 0) is 32.2 Å². The molecule has 3 heterocycles. The minimum Gasteiger partial charge on any atom is -0.315 e. The van der Waals surface area contributed by atoms with Crippen molar-refractivity contribution in [3.8, 4) is 0 Å². The van der Waals surface area contributed by atoms with E-state index in [1.807, 2.05) is 6.08 Å². The molecule has 19 heavy (non-hydrogen) atoms. The second kappa shape index (κ2) is 5.87. The van der Waals surface area contributed by atoms with Crippen molar-refractivity contribution in [2.45, 2.75) is 51.0 Å².